The third-order valence-electron chi connectivity index (χ3n) is 2.58. The Balaban J connectivity index is 0.00000144. The highest BCUT2D eigenvalue weighted by molar-refractivity contribution is 5.13. The standard InChI is InChI=1S/C15H16N.ClH/c1-2-8-15-11-6-7-12-16(15)13-14-9-4-3-5-10-14;/h2-7,9-12H,1,8,13H2;1H/q+1;/p-1. The molecule has 0 saturated carbocycles. The average molecular weight is 246 g/mol. The zero-order valence-corrected chi connectivity index (χ0v) is 10.5. The summed E-state index contributed by atoms with van der Waals surface area (Å²) in [6, 6.07) is 16.8. The fraction of sp³-hybridized carbons (Fsp3) is 0.133. The molecule has 1 heterocycles. The second kappa shape index (κ2) is 6.87. The van der Waals surface area contributed by atoms with Crippen molar-refractivity contribution in [3.8, 4) is 0 Å². The first-order valence-electron chi connectivity index (χ1n) is 5.52. The van der Waals surface area contributed by atoms with E-state index in [1.54, 1.807) is 0 Å². The van der Waals surface area contributed by atoms with Crippen LogP contribution in [-0.4, -0.2) is 0 Å². The molecule has 0 fully saturated rings. The van der Waals surface area contributed by atoms with Crippen molar-refractivity contribution < 1.29 is 17.0 Å². The van der Waals surface area contributed by atoms with Gasteiger partial charge in [-0.2, -0.15) is 4.57 Å². The van der Waals surface area contributed by atoms with E-state index in [1.165, 1.54) is 11.3 Å². The van der Waals surface area contributed by atoms with Gasteiger partial charge in [0.2, 0.25) is 0 Å². The second-order valence-corrected chi connectivity index (χ2v) is 3.80. The van der Waals surface area contributed by atoms with Crippen LogP contribution in [0, 0.1) is 0 Å². The topological polar surface area (TPSA) is 3.88 Å². The summed E-state index contributed by atoms with van der Waals surface area (Å²) >= 11 is 0. The zero-order valence-electron chi connectivity index (χ0n) is 9.72. The first-order chi connectivity index (χ1) is 7.90. The Morgan fingerprint density at radius 3 is 2.41 bits per heavy atom. The molecule has 0 N–H and O–H groups in total. The van der Waals surface area contributed by atoms with E-state index in [-0.39, 0.29) is 12.4 Å². The lowest BCUT2D eigenvalue weighted by Gasteiger charge is -2.01. The van der Waals surface area contributed by atoms with Crippen molar-refractivity contribution in [1.82, 2.24) is 0 Å². The first kappa shape index (κ1) is 13.5. The number of pyridine rings is 1. The van der Waals surface area contributed by atoms with E-state index in [4.69, 9.17) is 0 Å². The molecule has 0 amide bonds. The molecule has 2 heteroatoms. The van der Waals surface area contributed by atoms with E-state index in [9.17, 15) is 0 Å². The summed E-state index contributed by atoms with van der Waals surface area (Å²) in [7, 11) is 0. The van der Waals surface area contributed by atoms with E-state index in [0.29, 0.717) is 0 Å². The summed E-state index contributed by atoms with van der Waals surface area (Å²) in [5.41, 5.74) is 2.62. The van der Waals surface area contributed by atoms with Crippen LogP contribution in [0.15, 0.2) is 67.4 Å². The Labute approximate surface area is 109 Å². The molecule has 88 valence electrons. The molecule has 0 radical (unpaired) electrons. The molecule has 0 bridgehead atoms. The van der Waals surface area contributed by atoms with Crippen molar-refractivity contribution in [3.05, 3.63) is 78.6 Å². The Bertz CT molecular complexity index is 465. The molecule has 0 aliphatic rings. The number of nitrogens with zero attached hydrogens (tertiary/aromatic N) is 1. The van der Waals surface area contributed by atoms with Gasteiger partial charge in [0.05, 0.1) is 6.42 Å². The third kappa shape index (κ3) is 3.72. The Morgan fingerprint density at radius 1 is 1.00 bits per heavy atom. The van der Waals surface area contributed by atoms with E-state index >= 15 is 0 Å². The summed E-state index contributed by atoms with van der Waals surface area (Å²) in [6.07, 6.45) is 4.97. The molecule has 1 aromatic heterocycles. The molecule has 2 aromatic rings. The van der Waals surface area contributed by atoms with Crippen LogP contribution in [0.25, 0.3) is 0 Å². The van der Waals surface area contributed by atoms with Gasteiger partial charge in [0.25, 0.3) is 0 Å². The molecule has 0 atom stereocenters. The molecular weight excluding hydrogens is 230 g/mol. The minimum Gasteiger partial charge on any atom is -1.00 e. The Hall–Kier alpha value is -1.60. The van der Waals surface area contributed by atoms with Gasteiger partial charge >= 0.3 is 0 Å². The predicted octanol–water partition coefficient (Wildman–Crippen LogP) is -0.245. The van der Waals surface area contributed by atoms with Crippen LogP contribution in [0.3, 0.4) is 0 Å². The highest BCUT2D eigenvalue weighted by atomic mass is 35.5. The van der Waals surface area contributed by atoms with Crippen molar-refractivity contribution in [1.29, 1.82) is 0 Å². The number of benzene rings is 1. The van der Waals surface area contributed by atoms with Gasteiger partial charge in [-0.25, -0.2) is 0 Å². The van der Waals surface area contributed by atoms with Crippen LogP contribution < -0.4 is 17.0 Å². The average Bonchev–Trinajstić information content (AvgIpc) is 2.33. The number of halogens is 1. The fourth-order valence-corrected chi connectivity index (χ4v) is 1.78. The smallest absolute Gasteiger partial charge is 0.185 e. The van der Waals surface area contributed by atoms with Crippen LogP contribution in [0.1, 0.15) is 11.3 Å². The van der Waals surface area contributed by atoms with Crippen LogP contribution in [0.5, 0.6) is 0 Å². The minimum atomic E-state index is 0. The van der Waals surface area contributed by atoms with Crippen molar-refractivity contribution in [2.24, 2.45) is 0 Å². The first-order valence-corrected chi connectivity index (χ1v) is 5.52. The van der Waals surface area contributed by atoms with Gasteiger partial charge < -0.3 is 12.4 Å². The maximum Gasteiger partial charge on any atom is 0.185 e. The number of rotatable bonds is 4. The van der Waals surface area contributed by atoms with E-state index in [2.05, 4.69) is 59.8 Å². The molecule has 0 spiro atoms. The van der Waals surface area contributed by atoms with Crippen LogP contribution in [0.2, 0.25) is 0 Å². The quantitative estimate of drug-likeness (QED) is 0.517. The lowest BCUT2D eigenvalue weighted by atomic mass is 10.2. The molecule has 0 saturated heterocycles. The van der Waals surface area contributed by atoms with Gasteiger partial charge in [-0.05, 0) is 0 Å². The monoisotopic (exact) mass is 245 g/mol. The van der Waals surface area contributed by atoms with Crippen LogP contribution in [-0.2, 0) is 13.0 Å². The predicted molar refractivity (Wildman–Crippen MR) is 66.1 cm³/mol. The van der Waals surface area contributed by atoms with Crippen LogP contribution >= 0.6 is 0 Å². The number of hydrogen-bond donors (Lipinski definition) is 0. The lowest BCUT2D eigenvalue weighted by molar-refractivity contribution is -0.695. The number of allylic oxidation sites excluding steroid dienone is 1. The molecular formula is C15H16ClN. The molecule has 2 rings (SSSR count). The summed E-state index contributed by atoms with van der Waals surface area (Å²) < 4.78 is 2.26. The van der Waals surface area contributed by atoms with Crippen molar-refractivity contribution >= 4 is 0 Å². The number of hydrogen-bond acceptors (Lipinski definition) is 0. The normalized spacial score (nSPS) is 9.41. The van der Waals surface area contributed by atoms with Gasteiger partial charge in [-0.3, -0.25) is 0 Å². The Kier molecular flexibility index (Phi) is 5.44. The zero-order chi connectivity index (χ0) is 11.2. The molecule has 0 aliphatic heterocycles. The van der Waals surface area contributed by atoms with Crippen LogP contribution in [0.4, 0.5) is 0 Å². The summed E-state index contributed by atoms with van der Waals surface area (Å²) in [5, 5.41) is 0. The summed E-state index contributed by atoms with van der Waals surface area (Å²) in [6.45, 7) is 4.71. The fourth-order valence-electron chi connectivity index (χ4n) is 1.78. The molecule has 1 nitrogen and oxygen atoms in total. The molecule has 0 unspecified atom stereocenters. The third-order valence-corrected chi connectivity index (χ3v) is 2.58. The highest BCUT2D eigenvalue weighted by Crippen LogP contribution is 2.00. The highest BCUT2D eigenvalue weighted by Gasteiger charge is 2.07. The second-order valence-electron chi connectivity index (χ2n) is 3.80. The molecule has 17 heavy (non-hydrogen) atoms. The van der Waals surface area contributed by atoms with Gasteiger partial charge in [0.1, 0.15) is 0 Å². The van der Waals surface area contributed by atoms with Gasteiger partial charge in [0, 0.05) is 17.7 Å². The summed E-state index contributed by atoms with van der Waals surface area (Å²) in [5.74, 6) is 0. The van der Waals surface area contributed by atoms with Gasteiger partial charge in [-0.15, -0.1) is 6.58 Å². The van der Waals surface area contributed by atoms with E-state index < -0.39 is 0 Å². The largest absolute Gasteiger partial charge is 1.00 e. The van der Waals surface area contributed by atoms with E-state index in [0.717, 1.165) is 13.0 Å². The molecule has 1 aromatic carbocycles. The maximum absolute atomic E-state index is 3.79. The van der Waals surface area contributed by atoms with Crippen molar-refractivity contribution in [2.45, 2.75) is 13.0 Å². The van der Waals surface area contributed by atoms with Crippen molar-refractivity contribution in [3.63, 3.8) is 0 Å². The molecule has 0 aliphatic carbocycles. The lowest BCUT2D eigenvalue weighted by Crippen LogP contribution is -3.00. The van der Waals surface area contributed by atoms with Gasteiger partial charge in [-0.1, -0.05) is 42.5 Å². The van der Waals surface area contributed by atoms with E-state index in [1.807, 2.05) is 12.1 Å². The van der Waals surface area contributed by atoms with Gasteiger partial charge in [0.15, 0.2) is 18.4 Å². The maximum atomic E-state index is 3.79. The van der Waals surface area contributed by atoms with Crippen molar-refractivity contribution in [2.75, 3.05) is 0 Å². The minimum absolute atomic E-state index is 0. The number of aromatic nitrogens is 1. The SMILES string of the molecule is C=CCc1cccc[n+]1Cc1ccccc1.[Cl-]. The summed E-state index contributed by atoms with van der Waals surface area (Å²) in [4.78, 5) is 0. The Morgan fingerprint density at radius 2 is 1.71 bits per heavy atom.